The number of amides is 1. The van der Waals surface area contributed by atoms with Crippen LogP contribution in [0.3, 0.4) is 0 Å². The number of carbonyl (C=O) groups excluding carboxylic acids is 1. The van der Waals surface area contributed by atoms with Gasteiger partial charge in [-0.3, -0.25) is 9.48 Å². The van der Waals surface area contributed by atoms with Crippen LogP contribution in [0.15, 0.2) is 24.4 Å². The molecule has 0 bridgehead atoms. The highest BCUT2D eigenvalue weighted by molar-refractivity contribution is 5.88. The van der Waals surface area contributed by atoms with Crippen molar-refractivity contribution in [1.82, 2.24) is 15.1 Å². The van der Waals surface area contributed by atoms with E-state index in [1.807, 2.05) is 42.9 Å². The summed E-state index contributed by atoms with van der Waals surface area (Å²) < 4.78 is 12.8. The number of nitrogens with one attached hydrogen (secondary N) is 1. The van der Waals surface area contributed by atoms with Gasteiger partial charge < -0.3 is 14.8 Å². The van der Waals surface area contributed by atoms with E-state index in [9.17, 15) is 4.79 Å². The van der Waals surface area contributed by atoms with Crippen molar-refractivity contribution in [3.8, 4) is 11.5 Å². The van der Waals surface area contributed by atoms with Crippen molar-refractivity contribution in [3.63, 3.8) is 0 Å². The smallest absolute Gasteiger partial charge is 0.230 e. The van der Waals surface area contributed by atoms with Crippen molar-refractivity contribution < 1.29 is 14.3 Å². The molecule has 0 saturated carbocycles. The van der Waals surface area contributed by atoms with Crippen LogP contribution in [0.1, 0.15) is 69.4 Å². The molecule has 0 fully saturated rings. The molecular formula is C22H31N3O3. The molecule has 28 heavy (non-hydrogen) atoms. The van der Waals surface area contributed by atoms with Crippen molar-refractivity contribution in [2.75, 3.05) is 14.2 Å². The quantitative estimate of drug-likeness (QED) is 0.818. The molecule has 152 valence electrons. The van der Waals surface area contributed by atoms with Crippen LogP contribution in [-0.4, -0.2) is 29.9 Å². The minimum absolute atomic E-state index is 0.00549. The van der Waals surface area contributed by atoms with Crippen LogP contribution in [0.2, 0.25) is 0 Å². The van der Waals surface area contributed by atoms with Gasteiger partial charge in [0.25, 0.3) is 0 Å². The Hall–Kier alpha value is -2.50. The van der Waals surface area contributed by atoms with E-state index in [0.717, 1.165) is 30.5 Å². The Labute approximate surface area is 167 Å². The van der Waals surface area contributed by atoms with E-state index < -0.39 is 5.41 Å². The Kier molecular flexibility index (Phi) is 5.68. The first kappa shape index (κ1) is 20.2. The molecule has 1 unspecified atom stereocenters. The molecule has 1 heterocycles. The SMILES string of the molecule is COc1ccc(C(C)(C)C(=O)NC2CCCc3cnn(C(C)C)c32)cc1OC. The molecule has 1 aromatic heterocycles. The van der Waals surface area contributed by atoms with E-state index >= 15 is 0 Å². The molecule has 0 saturated heterocycles. The normalized spacial score (nSPS) is 16.6. The Morgan fingerprint density at radius 2 is 1.96 bits per heavy atom. The first-order chi connectivity index (χ1) is 13.3. The predicted molar refractivity (Wildman–Crippen MR) is 109 cm³/mol. The highest BCUT2D eigenvalue weighted by atomic mass is 16.5. The maximum atomic E-state index is 13.3. The van der Waals surface area contributed by atoms with Crippen LogP contribution in [0, 0.1) is 0 Å². The topological polar surface area (TPSA) is 65.4 Å². The second kappa shape index (κ2) is 7.86. The summed E-state index contributed by atoms with van der Waals surface area (Å²) in [5, 5.41) is 7.84. The summed E-state index contributed by atoms with van der Waals surface area (Å²) in [6, 6.07) is 5.89. The molecule has 3 rings (SSSR count). The first-order valence-corrected chi connectivity index (χ1v) is 9.89. The third-order valence-corrected chi connectivity index (χ3v) is 5.65. The summed E-state index contributed by atoms with van der Waals surface area (Å²) in [5.74, 6) is 1.27. The molecule has 1 N–H and O–H groups in total. The highest BCUT2D eigenvalue weighted by Gasteiger charge is 2.35. The van der Waals surface area contributed by atoms with Crippen LogP contribution in [0.25, 0.3) is 0 Å². The van der Waals surface area contributed by atoms with Crippen molar-refractivity contribution in [3.05, 3.63) is 41.2 Å². The lowest BCUT2D eigenvalue weighted by molar-refractivity contribution is -0.126. The summed E-state index contributed by atoms with van der Waals surface area (Å²) in [6.07, 6.45) is 4.96. The van der Waals surface area contributed by atoms with Crippen molar-refractivity contribution >= 4 is 5.91 Å². The van der Waals surface area contributed by atoms with Gasteiger partial charge in [-0.2, -0.15) is 5.10 Å². The number of methoxy groups -OCH3 is 2. The van der Waals surface area contributed by atoms with E-state index in [1.54, 1.807) is 14.2 Å². The van der Waals surface area contributed by atoms with Crippen molar-refractivity contribution in [2.45, 2.75) is 64.5 Å². The number of nitrogens with zero attached hydrogens (tertiary/aromatic N) is 2. The van der Waals surface area contributed by atoms with Crippen LogP contribution in [-0.2, 0) is 16.6 Å². The predicted octanol–water partition coefficient (Wildman–Crippen LogP) is 3.95. The summed E-state index contributed by atoms with van der Waals surface area (Å²) >= 11 is 0. The number of hydrogen-bond donors (Lipinski definition) is 1. The van der Waals surface area contributed by atoms with E-state index in [2.05, 4.69) is 24.3 Å². The van der Waals surface area contributed by atoms with Crippen LogP contribution >= 0.6 is 0 Å². The Balaban J connectivity index is 1.86. The number of carbonyl (C=O) groups is 1. The molecule has 6 heteroatoms. The fourth-order valence-electron chi connectivity index (χ4n) is 3.86. The highest BCUT2D eigenvalue weighted by Crippen LogP contribution is 2.35. The van der Waals surface area contributed by atoms with E-state index in [1.165, 1.54) is 5.56 Å². The van der Waals surface area contributed by atoms with Gasteiger partial charge in [0.2, 0.25) is 5.91 Å². The third-order valence-electron chi connectivity index (χ3n) is 5.65. The molecule has 0 aliphatic heterocycles. The number of fused-ring (bicyclic) bond motifs is 1. The molecule has 1 atom stereocenters. The molecule has 1 aromatic carbocycles. The monoisotopic (exact) mass is 385 g/mol. The summed E-state index contributed by atoms with van der Waals surface area (Å²) in [4.78, 5) is 13.3. The minimum atomic E-state index is -0.708. The zero-order valence-electron chi connectivity index (χ0n) is 17.7. The van der Waals surface area contributed by atoms with Gasteiger partial charge in [0, 0.05) is 6.04 Å². The number of ether oxygens (including phenoxy) is 2. The number of aryl methyl sites for hydroxylation is 1. The summed E-state index contributed by atoms with van der Waals surface area (Å²) in [6.45, 7) is 8.11. The lowest BCUT2D eigenvalue weighted by Gasteiger charge is -2.31. The summed E-state index contributed by atoms with van der Waals surface area (Å²) in [7, 11) is 3.21. The zero-order valence-corrected chi connectivity index (χ0v) is 17.7. The van der Waals surface area contributed by atoms with Gasteiger partial charge >= 0.3 is 0 Å². The second-order valence-electron chi connectivity index (χ2n) is 8.21. The molecule has 1 aliphatic rings. The maximum absolute atomic E-state index is 13.3. The molecule has 1 amide bonds. The molecule has 2 aromatic rings. The average Bonchev–Trinajstić information content (AvgIpc) is 3.12. The van der Waals surface area contributed by atoms with E-state index in [-0.39, 0.29) is 18.0 Å². The first-order valence-electron chi connectivity index (χ1n) is 9.89. The zero-order chi connectivity index (χ0) is 20.5. The van der Waals surface area contributed by atoms with Crippen LogP contribution in [0.4, 0.5) is 0 Å². The molecule has 0 radical (unpaired) electrons. The van der Waals surface area contributed by atoms with Gasteiger partial charge in [0.05, 0.1) is 37.6 Å². The fourth-order valence-corrected chi connectivity index (χ4v) is 3.86. The largest absolute Gasteiger partial charge is 0.493 e. The number of aromatic nitrogens is 2. The lowest BCUT2D eigenvalue weighted by Crippen LogP contribution is -2.43. The Morgan fingerprint density at radius 1 is 1.25 bits per heavy atom. The minimum Gasteiger partial charge on any atom is -0.493 e. The van der Waals surface area contributed by atoms with Gasteiger partial charge in [-0.05, 0) is 70.2 Å². The van der Waals surface area contributed by atoms with E-state index in [0.29, 0.717) is 11.5 Å². The van der Waals surface area contributed by atoms with Gasteiger partial charge in [0.15, 0.2) is 11.5 Å². The molecule has 0 spiro atoms. The molecule has 1 aliphatic carbocycles. The summed E-state index contributed by atoms with van der Waals surface area (Å²) in [5.41, 5.74) is 2.57. The fraction of sp³-hybridized carbons (Fsp3) is 0.545. The van der Waals surface area contributed by atoms with E-state index in [4.69, 9.17) is 9.47 Å². The number of rotatable bonds is 6. The van der Waals surface area contributed by atoms with Crippen molar-refractivity contribution in [2.24, 2.45) is 0 Å². The second-order valence-corrected chi connectivity index (χ2v) is 8.21. The lowest BCUT2D eigenvalue weighted by atomic mass is 9.82. The van der Waals surface area contributed by atoms with Gasteiger partial charge in [0.1, 0.15) is 0 Å². The van der Waals surface area contributed by atoms with Gasteiger partial charge in [-0.25, -0.2) is 0 Å². The maximum Gasteiger partial charge on any atom is 0.230 e. The van der Waals surface area contributed by atoms with Gasteiger partial charge in [-0.1, -0.05) is 6.07 Å². The van der Waals surface area contributed by atoms with Gasteiger partial charge in [-0.15, -0.1) is 0 Å². The standard InChI is InChI=1S/C22H31N3O3/c1-14(2)25-20-15(13-23-25)8-7-9-17(20)24-21(26)22(3,4)16-10-11-18(27-5)19(12-16)28-6/h10-14,17H,7-9H2,1-6H3,(H,24,26). The average molecular weight is 386 g/mol. The van der Waals surface area contributed by atoms with Crippen molar-refractivity contribution in [1.29, 1.82) is 0 Å². The number of hydrogen-bond acceptors (Lipinski definition) is 4. The molecule has 6 nitrogen and oxygen atoms in total. The molecular weight excluding hydrogens is 354 g/mol. The number of benzene rings is 1. The van der Waals surface area contributed by atoms with Crippen LogP contribution in [0.5, 0.6) is 11.5 Å². The van der Waals surface area contributed by atoms with Crippen LogP contribution < -0.4 is 14.8 Å². The third kappa shape index (κ3) is 3.60. The Bertz CT molecular complexity index is 855. The Morgan fingerprint density at radius 3 is 2.61 bits per heavy atom.